The van der Waals surface area contributed by atoms with E-state index < -0.39 is 0 Å². The van der Waals surface area contributed by atoms with Gasteiger partial charge in [0.2, 0.25) is 0 Å². The van der Waals surface area contributed by atoms with E-state index in [0.717, 1.165) is 4.47 Å². The van der Waals surface area contributed by atoms with Crippen molar-refractivity contribution >= 4 is 48.2 Å². The molecule has 1 heteroatoms. The average molecular weight is 459 g/mol. The Morgan fingerprint density at radius 2 is 0.806 bits per heavy atom. The molecule has 0 amide bonds. The fourth-order valence-corrected chi connectivity index (χ4v) is 5.01. The second-order valence-corrected chi connectivity index (χ2v) is 8.86. The molecule has 0 bridgehead atoms. The molecule has 0 unspecified atom stereocenters. The van der Waals surface area contributed by atoms with E-state index in [9.17, 15) is 0 Å². The van der Waals surface area contributed by atoms with E-state index in [4.69, 9.17) is 0 Å². The fraction of sp³-hybridized carbons (Fsp3) is 0. The summed E-state index contributed by atoms with van der Waals surface area (Å²) in [6, 6.07) is 41.6. The molecule has 0 atom stereocenters. The quantitative estimate of drug-likeness (QED) is 0.226. The van der Waals surface area contributed by atoms with Crippen LogP contribution in [-0.2, 0) is 0 Å². The summed E-state index contributed by atoms with van der Waals surface area (Å²) in [4.78, 5) is 0. The molecular formula is C30H19Br. The van der Waals surface area contributed by atoms with Gasteiger partial charge in [0.25, 0.3) is 0 Å². The van der Waals surface area contributed by atoms with Gasteiger partial charge in [-0.3, -0.25) is 0 Å². The van der Waals surface area contributed by atoms with Gasteiger partial charge in [0, 0.05) is 4.47 Å². The van der Waals surface area contributed by atoms with Crippen LogP contribution in [-0.4, -0.2) is 0 Å². The fourth-order valence-electron chi connectivity index (χ4n) is 4.61. The molecule has 0 radical (unpaired) electrons. The highest BCUT2D eigenvalue weighted by atomic mass is 79.9. The minimum Gasteiger partial charge on any atom is -0.0622 e. The van der Waals surface area contributed by atoms with Crippen LogP contribution in [0.15, 0.2) is 120 Å². The Labute approximate surface area is 189 Å². The van der Waals surface area contributed by atoms with Crippen LogP contribution >= 0.6 is 15.9 Å². The minimum absolute atomic E-state index is 1.10. The standard InChI is InChI=1S/C30H19Br/c31-24-10-6-9-21(17-24)23-14-16-28-27-15-13-22(20-7-2-1-3-8-20)18-29(27)25-11-4-5-12-26(25)30(28)19-23/h1-19H. The zero-order valence-electron chi connectivity index (χ0n) is 16.8. The van der Waals surface area contributed by atoms with Gasteiger partial charge in [-0.15, -0.1) is 0 Å². The smallest absolute Gasteiger partial charge is 0.0181 e. The monoisotopic (exact) mass is 458 g/mol. The first-order valence-electron chi connectivity index (χ1n) is 10.5. The normalized spacial score (nSPS) is 11.4. The van der Waals surface area contributed by atoms with E-state index in [1.807, 2.05) is 0 Å². The van der Waals surface area contributed by atoms with Gasteiger partial charge >= 0.3 is 0 Å². The van der Waals surface area contributed by atoms with Crippen LogP contribution in [0.25, 0.3) is 54.6 Å². The summed E-state index contributed by atoms with van der Waals surface area (Å²) in [5.41, 5.74) is 4.96. The lowest BCUT2D eigenvalue weighted by molar-refractivity contribution is 1.61. The molecule has 0 aliphatic heterocycles. The van der Waals surface area contributed by atoms with Gasteiger partial charge in [-0.05, 0) is 78.8 Å². The van der Waals surface area contributed by atoms with E-state index in [0.29, 0.717) is 0 Å². The number of hydrogen-bond acceptors (Lipinski definition) is 0. The van der Waals surface area contributed by atoms with Crippen molar-refractivity contribution in [3.05, 3.63) is 120 Å². The van der Waals surface area contributed by atoms with Crippen molar-refractivity contribution in [1.29, 1.82) is 0 Å². The predicted octanol–water partition coefficient (Wildman–Crippen LogP) is 9.24. The maximum absolute atomic E-state index is 3.61. The van der Waals surface area contributed by atoms with E-state index >= 15 is 0 Å². The summed E-state index contributed by atoms with van der Waals surface area (Å²) < 4.78 is 1.10. The van der Waals surface area contributed by atoms with Gasteiger partial charge in [0.15, 0.2) is 0 Å². The zero-order chi connectivity index (χ0) is 20.8. The van der Waals surface area contributed by atoms with Crippen molar-refractivity contribution in [1.82, 2.24) is 0 Å². The number of halogens is 1. The first kappa shape index (κ1) is 18.4. The molecule has 0 spiro atoms. The Morgan fingerprint density at radius 3 is 1.42 bits per heavy atom. The van der Waals surface area contributed by atoms with E-state index in [-0.39, 0.29) is 0 Å². The van der Waals surface area contributed by atoms with Crippen LogP contribution in [0, 0.1) is 0 Å². The Bertz CT molecular complexity index is 1560. The van der Waals surface area contributed by atoms with Crippen molar-refractivity contribution in [2.45, 2.75) is 0 Å². The van der Waals surface area contributed by atoms with Gasteiger partial charge < -0.3 is 0 Å². The molecule has 0 N–H and O–H groups in total. The largest absolute Gasteiger partial charge is 0.0622 e. The Morgan fingerprint density at radius 1 is 0.323 bits per heavy atom. The third-order valence-corrected chi connectivity index (χ3v) is 6.60. The number of benzene rings is 6. The van der Waals surface area contributed by atoms with Crippen LogP contribution in [0.1, 0.15) is 0 Å². The molecule has 0 heterocycles. The van der Waals surface area contributed by atoms with Gasteiger partial charge in [0.1, 0.15) is 0 Å². The Kier molecular flexibility index (Phi) is 4.36. The van der Waals surface area contributed by atoms with E-state index in [2.05, 4.69) is 131 Å². The highest BCUT2D eigenvalue weighted by Gasteiger charge is 2.11. The molecule has 0 aliphatic rings. The molecule has 6 rings (SSSR count). The number of hydrogen-bond donors (Lipinski definition) is 0. The third kappa shape index (κ3) is 3.13. The lowest BCUT2D eigenvalue weighted by atomic mass is 9.90. The SMILES string of the molecule is Brc1cccc(-c2ccc3c4ccc(-c5ccccc5)cc4c4ccccc4c3c2)c1. The molecule has 6 aromatic rings. The second kappa shape index (κ2) is 7.37. The van der Waals surface area contributed by atoms with Crippen molar-refractivity contribution < 1.29 is 0 Å². The third-order valence-electron chi connectivity index (χ3n) is 6.10. The first-order valence-corrected chi connectivity index (χ1v) is 11.3. The van der Waals surface area contributed by atoms with Crippen molar-refractivity contribution in [2.24, 2.45) is 0 Å². The maximum Gasteiger partial charge on any atom is 0.0181 e. The highest BCUT2D eigenvalue weighted by Crippen LogP contribution is 2.38. The Hall–Kier alpha value is -3.42. The van der Waals surface area contributed by atoms with Crippen LogP contribution in [0.2, 0.25) is 0 Å². The molecular weight excluding hydrogens is 440 g/mol. The second-order valence-electron chi connectivity index (χ2n) is 7.94. The van der Waals surface area contributed by atoms with Crippen LogP contribution in [0.4, 0.5) is 0 Å². The van der Waals surface area contributed by atoms with Crippen LogP contribution in [0.5, 0.6) is 0 Å². The highest BCUT2D eigenvalue weighted by molar-refractivity contribution is 9.10. The van der Waals surface area contributed by atoms with Crippen LogP contribution in [0.3, 0.4) is 0 Å². The topological polar surface area (TPSA) is 0 Å². The van der Waals surface area contributed by atoms with Gasteiger partial charge in [-0.25, -0.2) is 0 Å². The molecule has 0 aliphatic carbocycles. The summed E-state index contributed by atoms with van der Waals surface area (Å²) in [7, 11) is 0. The number of fused-ring (bicyclic) bond motifs is 6. The number of rotatable bonds is 2. The lowest BCUT2D eigenvalue weighted by Crippen LogP contribution is -1.86. The summed E-state index contributed by atoms with van der Waals surface area (Å²) in [5.74, 6) is 0. The minimum atomic E-state index is 1.10. The molecule has 0 fully saturated rings. The van der Waals surface area contributed by atoms with Gasteiger partial charge in [-0.2, -0.15) is 0 Å². The summed E-state index contributed by atoms with van der Waals surface area (Å²) >= 11 is 3.61. The molecule has 0 saturated heterocycles. The molecule has 6 aromatic carbocycles. The van der Waals surface area contributed by atoms with Gasteiger partial charge in [-0.1, -0.05) is 107 Å². The van der Waals surface area contributed by atoms with Crippen molar-refractivity contribution in [3.8, 4) is 22.3 Å². The van der Waals surface area contributed by atoms with E-state index in [1.165, 1.54) is 54.6 Å². The van der Waals surface area contributed by atoms with Crippen molar-refractivity contribution in [2.75, 3.05) is 0 Å². The summed E-state index contributed by atoms with van der Waals surface area (Å²) in [5, 5.41) is 7.80. The van der Waals surface area contributed by atoms with Gasteiger partial charge in [0.05, 0.1) is 0 Å². The van der Waals surface area contributed by atoms with E-state index in [1.54, 1.807) is 0 Å². The van der Waals surface area contributed by atoms with Crippen LogP contribution < -0.4 is 0 Å². The molecule has 0 saturated carbocycles. The molecule has 0 nitrogen and oxygen atoms in total. The zero-order valence-corrected chi connectivity index (χ0v) is 18.4. The Balaban J connectivity index is 1.67. The average Bonchev–Trinajstić information content (AvgIpc) is 2.84. The lowest BCUT2D eigenvalue weighted by Gasteiger charge is -2.13. The maximum atomic E-state index is 3.61. The first-order chi connectivity index (χ1) is 15.3. The summed E-state index contributed by atoms with van der Waals surface area (Å²) in [6.45, 7) is 0. The molecule has 146 valence electrons. The molecule has 0 aromatic heterocycles. The molecule has 31 heavy (non-hydrogen) atoms. The van der Waals surface area contributed by atoms with Crippen molar-refractivity contribution in [3.63, 3.8) is 0 Å². The summed E-state index contributed by atoms with van der Waals surface area (Å²) in [6.07, 6.45) is 0. The predicted molar refractivity (Wildman–Crippen MR) is 138 cm³/mol.